The monoisotopic (exact) mass is 577 g/mol. The molecule has 2 unspecified atom stereocenters. The second-order valence-corrected chi connectivity index (χ2v) is 13.2. The van der Waals surface area contributed by atoms with Gasteiger partial charge in [-0.15, -0.1) is 0 Å². The highest BCUT2D eigenvalue weighted by Crippen LogP contribution is 2.42. The molecule has 0 fully saturated rings. The van der Waals surface area contributed by atoms with Gasteiger partial charge in [0, 0.05) is 24.7 Å². The maximum atomic E-state index is 14.2. The smallest absolute Gasteiger partial charge is 0.185 e. The number of dihydropyridines is 1. The number of hydrogen-bond donors (Lipinski definition) is 1. The topological polar surface area (TPSA) is 89.5 Å². The largest absolute Gasteiger partial charge is 0.545 e. The van der Waals surface area contributed by atoms with E-state index in [4.69, 9.17) is 23.2 Å². The highest BCUT2D eigenvalue weighted by atomic mass is 35.5. The second-order valence-electron chi connectivity index (χ2n) is 10.1. The normalized spacial score (nSPS) is 23.2. The standard InChI is InChI=1S/C28H33Cl2N3O4S/c1-4-33(25-12-8-11-23(29)27(25)30)17-21(13-14-32(3)16-20-9-6-5-7-10-20)38(36,37)26-15-22(28(34)35)19(2)31-24(26)18-33/h5-12,21,31H,4,13-18H2,1-3H3. The number of allylic oxidation sites excluding steroid dienone is 2. The molecular weight excluding hydrogens is 545 g/mol. The fourth-order valence-corrected chi connectivity index (χ4v) is 8.07. The Balaban J connectivity index is 1.75. The van der Waals surface area contributed by atoms with Crippen molar-refractivity contribution < 1.29 is 18.3 Å². The van der Waals surface area contributed by atoms with Crippen molar-refractivity contribution in [1.29, 1.82) is 0 Å². The van der Waals surface area contributed by atoms with Crippen LogP contribution in [0.1, 0.15) is 32.3 Å². The Hall–Kier alpha value is -2.36. The summed E-state index contributed by atoms with van der Waals surface area (Å²) in [7, 11) is -1.89. The van der Waals surface area contributed by atoms with E-state index in [9.17, 15) is 18.3 Å². The molecule has 2 aromatic rings. The van der Waals surface area contributed by atoms with Crippen LogP contribution >= 0.6 is 23.2 Å². The molecule has 0 saturated heterocycles. The van der Waals surface area contributed by atoms with Gasteiger partial charge in [0.05, 0.1) is 28.1 Å². The van der Waals surface area contributed by atoms with Gasteiger partial charge in [0.2, 0.25) is 0 Å². The lowest BCUT2D eigenvalue weighted by molar-refractivity contribution is -0.299. The summed E-state index contributed by atoms with van der Waals surface area (Å²) >= 11 is 13.1. The van der Waals surface area contributed by atoms with Gasteiger partial charge in [0.25, 0.3) is 0 Å². The molecule has 0 amide bonds. The summed E-state index contributed by atoms with van der Waals surface area (Å²) in [6.07, 6.45) is 0.187. The number of carboxylic acids is 1. The van der Waals surface area contributed by atoms with Crippen molar-refractivity contribution in [2.75, 3.05) is 33.2 Å². The van der Waals surface area contributed by atoms with Gasteiger partial charge in [0.15, 0.2) is 15.5 Å². The summed E-state index contributed by atoms with van der Waals surface area (Å²) in [6.45, 7) is 6.05. The van der Waals surface area contributed by atoms with Crippen molar-refractivity contribution in [2.24, 2.45) is 0 Å². The third-order valence-corrected chi connectivity index (χ3v) is 10.8. The van der Waals surface area contributed by atoms with E-state index < -0.39 is 21.1 Å². The Bertz CT molecular complexity index is 1390. The van der Waals surface area contributed by atoms with Crippen LogP contribution in [0.4, 0.5) is 5.69 Å². The molecule has 2 atom stereocenters. The Morgan fingerprint density at radius 1 is 1.16 bits per heavy atom. The van der Waals surface area contributed by atoms with Crippen LogP contribution in [-0.2, 0) is 21.2 Å². The summed E-state index contributed by atoms with van der Waals surface area (Å²) in [5.41, 5.74) is 2.76. The van der Waals surface area contributed by atoms with Gasteiger partial charge in [-0.3, -0.25) is 4.48 Å². The molecule has 0 radical (unpaired) electrons. The van der Waals surface area contributed by atoms with E-state index in [1.54, 1.807) is 13.0 Å². The Kier molecular flexibility index (Phi) is 8.59. The summed E-state index contributed by atoms with van der Waals surface area (Å²) in [5.74, 6) is -1.37. The van der Waals surface area contributed by atoms with E-state index >= 15 is 0 Å². The number of benzene rings is 2. The van der Waals surface area contributed by atoms with Crippen LogP contribution in [-0.4, -0.2) is 57.8 Å². The van der Waals surface area contributed by atoms with E-state index in [1.165, 1.54) is 0 Å². The molecule has 1 N–H and O–H groups in total. The molecule has 0 spiro atoms. The molecule has 38 heavy (non-hydrogen) atoms. The molecule has 10 heteroatoms. The van der Waals surface area contributed by atoms with Crippen molar-refractivity contribution in [3.05, 3.63) is 86.0 Å². The van der Waals surface area contributed by atoms with E-state index in [1.807, 2.05) is 56.4 Å². The Morgan fingerprint density at radius 3 is 2.53 bits per heavy atom. The van der Waals surface area contributed by atoms with Crippen molar-refractivity contribution in [3.63, 3.8) is 0 Å². The molecule has 204 valence electrons. The average Bonchev–Trinajstić information content (AvgIpc) is 2.96. The number of likely N-dealkylation sites (N-methyl/N-ethyl adjacent to an activating group) is 1. The molecule has 7 nitrogen and oxygen atoms in total. The van der Waals surface area contributed by atoms with E-state index in [0.29, 0.717) is 54.0 Å². The predicted molar refractivity (Wildman–Crippen MR) is 151 cm³/mol. The number of carboxylic acid groups (broad SMARTS) is 1. The highest BCUT2D eigenvalue weighted by Gasteiger charge is 2.47. The molecule has 0 saturated carbocycles. The van der Waals surface area contributed by atoms with Gasteiger partial charge in [0.1, 0.15) is 23.4 Å². The number of sulfone groups is 1. The summed E-state index contributed by atoms with van der Waals surface area (Å²) in [6, 6.07) is 15.4. The summed E-state index contributed by atoms with van der Waals surface area (Å²) < 4.78 is 28.6. The predicted octanol–water partition coefficient (Wildman–Crippen LogP) is 3.87. The molecule has 2 heterocycles. The first-order valence-corrected chi connectivity index (χ1v) is 15.0. The van der Waals surface area contributed by atoms with E-state index in [-0.39, 0.29) is 27.9 Å². The lowest BCUT2D eigenvalue weighted by Crippen LogP contribution is -2.55. The van der Waals surface area contributed by atoms with Crippen molar-refractivity contribution in [1.82, 2.24) is 14.7 Å². The van der Waals surface area contributed by atoms with Gasteiger partial charge >= 0.3 is 0 Å². The number of nitrogens with zero attached hydrogens (tertiary/aromatic N) is 2. The molecule has 0 aromatic heterocycles. The molecular formula is C28H33Cl2N3O4S. The van der Waals surface area contributed by atoms with Crippen LogP contribution in [0.15, 0.2) is 70.4 Å². The van der Waals surface area contributed by atoms with Crippen molar-refractivity contribution >= 4 is 44.7 Å². The number of aliphatic carboxylic acids is 1. The number of carbonyl (C=O) groups is 1. The molecule has 4 rings (SSSR count). The van der Waals surface area contributed by atoms with Crippen LogP contribution in [0.5, 0.6) is 0 Å². The van der Waals surface area contributed by atoms with Gasteiger partial charge in [-0.2, -0.15) is 0 Å². The van der Waals surface area contributed by atoms with Crippen LogP contribution in [0.25, 0.3) is 0 Å². The van der Waals surface area contributed by atoms with E-state index in [2.05, 4.69) is 10.2 Å². The van der Waals surface area contributed by atoms with Crippen LogP contribution in [0.2, 0.25) is 10.0 Å². The highest BCUT2D eigenvalue weighted by molar-refractivity contribution is 7.95. The van der Waals surface area contributed by atoms with E-state index in [0.717, 1.165) is 11.3 Å². The van der Waals surface area contributed by atoms with Crippen LogP contribution < -0.4 is 14.9 Å². The van der Waals surface area contributed by atoms with Crippen molar-refractivity contribution in [2.45, 2.75) is 38.5 Å². The van der Waals surface area contributed by atoms with Gasteiger partial charge in [-0.1, -0.05) is 59.6 Å². The second kappa shape index (κ2) is 11.4. The zero-order valence-corrected chi connectivity index (χ0v) is 24.2. The van der Waals surface area contributed by atoms with Crippen LogP contribution in [0.3, 0.4) is 0 Å². The maximum Gasteiger partial charge on any atom is 0.185 e. The number of hydrogen-bond acceptors (Lipinski definition) is 6. The lowest BCUT2D eigenvalue weighted by Gasteiger charge is -2.39. The third kappa shape index (κ3) is 5.65. The van der Waals surface area contributed by atoms with Gasteiger partial charge in [-0.05, 0) is 51.1 Å². The minimum atomic E-state index is -3.86. The van der Waals surface area contributed by atoms with Crippen molar-refractivity contribution in [3.8, 4) is 0 Å². The summed E-state index contributed by atoms with van der Waals surface area (Å²) in [4.78, 5) is 14.1. The zero-order chi connectivity index (χ0) is 27.7. The quantitative estimate of drug-likeness (QED) is 0.479. The first-order chi connectivity index (χ1) is 18.0. The fraction of sp³-hybridized carbons (Fsp3) is 0.393. The first-order valence-electron chi connectivity index (χ1n) is 12.7. The zero-order valence-electron chi connectivity index (χ0n) is 21.8. The average molecular weight is 579 g/mol. The fourth-order valence-electron chi connectivity index (χ4n) is 5.49. The number of carbonyl (C=O) groups excluding carboxylic acids is 1. The first kappa shape index (κ1) is 28.6. The molecule has 2 aliphatic rings. The summed E-state index contributed by atoms with van der Waals surface area (Å²) in [5, 5.41) is 15.0. The number of quaternary nitrogens is 1. The number of halogens is 2. The Morgan fingerprint density at radius 2 is 1.87 bits per heavy atom. The minimum absolute atomic E-state index is 0.0374. The number of rotatable bonds is 8. The van der Waals surface area contributed by atoms with Gasteiger partial charge < -0.3 is 20.1 Å². The SMILES string of the molecule is CC[N+]1(c2cccc(Cl)c2Cl)CC2=C(CC(C(=O)[O-])=C(C)N2)S(=O)(=O)C(CCN(C)Cc2ccccc2)C1. The van der Waals surface area contributed by atoms with Crippen LogP contribution in [0, 0.1) is 0 Å². The maximum absolute atomic E-state index is 14.2. The molecule has 0 aliphatic carbocycles. The molecule has 2 aliphatic heterocycles. The molecule has 2 aromatic carbocycles. The van der Waals surface area contributed by atoms with Gasteiger partial charge in [-0.25, -0.2) is 8.42 Å². The lowest BCUT2D eigenvalue weighted by atomic mass is 10.0. The Labute approximate surface area is 234 Å². The minimum Gasteiger partial charge on any atom is -0.545 e. The molecule has 0 bridgehead atoms. The third-order valence-electron chi connectivity index (χ3n) is 7.68. The number of nitrogens with one attached hydrogen (secondary N) is 1.